The van der Waals surface area contributed by atoms with Crippen LogP contribution in [0, 0.1) is 0 Å². The minimum absolute atomic E-state index is 0.591. The van der Waals surface area contributed by atoms with Gasteiger partial charge >= 0.3 is 0 Å². The van der Waals surface area contributed by atoms with Gasteiger partial charge < -0.3 is 4.42 Å². The summed E-state index contributed by atoms with van der Waals surface area (Å²) in [5.74, 6) is 1.26. The summed E-state index contributed by atoms with van der Waals surface area (Å²) in [5.41, 5.74) is 4.79. The highest BCUT2D eigenvalue weighted by Gasteiger charge is 2.20. The number of furan rings is 1. The van der Waals surface area contributed by atoms with Gasteiger partial charge in [0, 0.05) is 31.4 Å². The van der Waals surface area contributed by atoms with Gasteiger partial charge in [0.15, 0.2) is 16.6 Å². The highest BCUT2D eigenvalue weighted by Crippen LogP contribution is 2.25. The Bertz CT molecular complexity index is 1090. The second-order valence-electron chi connectivity index (χ2n) is 6.65. The lowest BCUT2D eigenvalue weighted by atomic mass is 10.00. The van der Waals surface area contributed by atoms with Crippen LogP contribution in [0.2, 0.25) is 0 Å². The van der Waals surface area contributed by atoms with Gasteiger partial charge in [0.1, 0.15) is 0 Å². The Balaban J connectivity index is 1.50. The Hall–Kier alpha value is -2.64. The molecule has 3 aromatic heterocycles. The van der Waals surface area contributed by atoms with Crippen molar-refractivity contribution in [2.45, 2.75) is 24.7 Å². The van der Waals surface area contributed by atoms with E-state index in [0.29, 0.717) is 11.6 Å². The van der Waals surface area contributed by atoms with Gasteiger partial charge in [0.05, 0.1) is 6.26 Å². The van der Waals surface area contributed by atoms with Crippen molar-refractivity contribution >= 4 is 17.4 Å². The van der Waals surface area contributed by atoms with Crippen LogP contribution in [0.1, 0.15) is 16.7 Å². The van der Waals surface area contributed by atoms with E-state index in [9.17, 15) is 0 Å². The lowest BCUT2D eigenvalue weighted by Gasteiger charge is -2.28. The normalized spacial score (nSPS) is 14.6. The summed E-state index contributed by atoms with van der Waals surface area (Å²) in [6.07, 6.45) is 6.65. The van der Waals surface area contributed by atoms with Gasteiger partial charge in [-0.3, -0.25) is 4.90 Å². The number of benzene rings is 1. The lowest BCUT2D eigenvalue weighted by Crippen LogP contribution is -2.30. The number of hydrogen-bond donors (Lipinski definition) is 0. The number of fused-ring (bicyclic) bond motifs is 2. The minimum Gasteiger partial charge on any atom is -0.461 e. The monoisotopic (exact) mass is 377 g/mol. The number of hydrogen-bond acceptors (Lipinski definition) is 6. The molecule has 1 aliphatic heterocycles. The van der Waals surface area contributed by atoms with Crippen LogP contribution in [0.3, 0.4) is 0 Å². The molecule has 1 aliphatic rings. The maximum Gasteiger partial charge on any atom is 0.218 e. The van der Waals surface area contributed by atoms with Gasteiger partial charge in [-0.05, 0) is 35.9 Å². The van der Waals surface area contributed by atoms with E-state index >= 15 is 0 Å². The van der Waals surface area contributed by atoms with Crippen molar-refractivity contribution in [2.75, 3.05) is 12.8 Å². The quantitative estimate of drug-likeness (QED) is 0.400. The molecule has 0 saturated carbocycles. The zero-order chi connectivity index (χ0) is 18.2. The van der Waals surface area contributed by atoms with Gasteiger partial charge in [-0.2, -0.15) is 4.52 Å². The summed E-state index contributed by atoms with van der Waals surface area (Å²) in [6, 6.07) is 12.4. The second-order valence-corrected chi connectivity index (χ2v) is 7.42. The zero-order valence-electron chi connectivity index (χ0n) is 15.0. The Morgan fingerprint density at radius 1 is 1.15 bits per heavy atom. The van der Waals surface area contributed by atoms with Crippen LogP contribution in [0.5, 0.6) is 0 Å². The maximum absolute atomic E-state index is 5.48. The van der Waals surface area contributed by atoms with Crippen LogP contribution in [0.15, 0.2) is 58.4 Å². The van der Waals surface area contributed by atoms with E-state index < -0.39 is 0 Å². The average molecular weight is 377 g/mol. The topological polar surface area (TPSA) is 59.5 Å². The molecule has 0 aliphatic carbocycles. The molecule has 0 radical (unpaired) electrons. The van der Waals surface area contributed by atoms with E-state index in [0.717, 1.165) is 42.4 Å². The molecule has 0 N–H and O–H groups in total. The molecule has 136 valence electrons. The molecule has 0 spiro atoms. The van der Waals surface area contributed by atoms with Gasteiger partial charge in [0.25, 0.3) is 0 Å². The Labute approximate surface area is 161 Å². The van der Waals surface area contributed by atoms with Crippen LogP contribution in [-0.2, 0) is 19.5 Å². The maximum atomic E-state index is 5.48. The van der Waals surface area contributed by atoms with Gasteiger partial charge in [-0.25, -0.2) is 9.97 Å². The molecule has 6 nitrogen and oxygen atoms in total. The highest BCUT2D eigenvalue weighted by molar-refractivity contribution is 7.98. The summed E-state index contributed by atoms with van der Waals surface area (Å²) in [5, 5.41) is 5.45. The predicted octanol–water partition coefficient (Wildman–Crippen LogP) is 3.66. The van der Waals surface area contributed by atoms with E-state index in [1.165, 1.54) is 11.1 Å². The molecule has 4 aromatic rings. The fourth-order valence-electron chi connectivity index (χ4n) is 3.59. The molecule has 0 bridgehead atoms. The predicted molar refractivity (Wildman–Crippen MR) is 105 cm³/mol. The summed E-state index contributed by atoms with van der Waals surface area (Å²) < 4.78 is 7.30. The first-order valence-electron chi connectivity index (χ1n) is 8.93. The van der Waals surface area contributed by atoms with E-state index in [-0.39, 0.29) is 0 Å². The number of thioether (sulfide) groups is 1. The molecular weight excluding hydrogens is 358 g/mol. The zero-order valence-corrected chi connectivity index (χ0v) is 15.8. The molecule has 27 heavy (non-hydrogen) atoms. The third-order valence-corrected chi connectivity index (χ3v) is 5.58. The standard InChI is InChI=1S/C20H19N5OS/c1-27-20-21-11-16(13-24-9-8-14-5-2-3-6-15(14)12-24)19-22-18(23-25(19)20)17-7-4-10-26-17/h2-7,10-11H,8-9,12-13H2,1H3. The Morgan fingerprint density at radius 3 is 2.85 bits per heavy atom. The largest absolute Gasteiger partial charge is 0.461 e. The van der Waals surface area contributed by atoms with Gasteiger partial charge in [0.2, 0.25) is 5.82 Å². The first kappa shape index (κ1) is 16.5. The fourth-order valence-corrected chi connectivity index (χ4v) is 4.05. The van der Waals surface area contributed by atoms with Crippen molar-refractivity contribution in [3.05, 3.63) is 65.5 Å². The Kier molecular flexibility index (Phi) is 4.18. The third-order valence-electron chi connectivity index (χ3n) is 4.93. The molecular formula is C20H19N5OS. The fraction of sp³-hybridized carbons (Fsp3) is 0.250. The van der Waals surface area contributed by atoms with Crippen LogP contribution in [-0.4, -0.2) is 37.3 Å². The number of nitrogens with zero attached hydrogens (tertiary/aromatic N) is 5. The molecule has 5 rings (SSSR count). The summed E-state index contributed by atoms with van der Waals surface area (Å²) in [4.78, 5) is 11.8. The number of rotatable bonds is 4. The molecule has 7 heteroatoms. The highest BCUT2D eigenvalue weighted by atomic mass is 32.2. The van der Waals surface area contributed by atoms with E-state index in [2.05, 4.69) is 39.2 Å². The molecule has 0 amide bonds. The smallest absolute Gasteiger partial charge is 0.218 e. The van der Waals surface area contributed by atoms with Crippen molar-refractivity contribution in [1.29, 1.82) is 0 Å². The number of aromatic nitrogens is 4. The first-order chi connectivity index (χ1) is 13.3. The first-order valence-corrected chi connectivity index (χ1v) is 10.2. The minimum atomic E-state index is 0.591. The second kappa shape index (κ2) is 6.83. The lowest BCUT2D eigenvalue weighted by molar-refractivity contribution is 0.245. The SMILES string of the molecule is CSc1ncc(CN2CCc3ccccc3C2)c2nc(-c3ccco3)nn12. The molecule has 0 unspecified atom stereocenters. The van der Waals surface area contributed by atoms with Crippen molar-refractivity contribution in [3.8, 4) is 11.6 Å². The van der Waals surface area contributed by atoms with Crippen LogP contribution >= 0.6 is 11.8 Å². The van der Waals surface area contributed by atoms with Crippen molar-refractivity contribution < 1.29 is 4.42 Å². The van der Waals surface area contributed by atoms with Crippen LogP contribution < -0.4 is 0 Å². The van der Waals surface area contributed by atoms with E-state index in [1.54, 1.807) is 18.0 Å². The van der Waals surface area contributed by atoms with E-state index in [4.69, 9.17) is 9.40 Å². The summed E-state index contributed by atoms with van der Waals surface area (Å²) >= 11 is 1.56. The van der Waals surface area contributed by atoms with Crippen molar-refractivity contribution in [3.63, 3.8) is 0 Å². The van der Waals surface area contributed by atoms with E-state index in [1.807, 2.05) is 29.1 Å². The summed E-state index contributed by atoms with van der Waals surface area (Å²) in [7, 11) is 0. The molecule has 4 heterocycles. The average Bonchev–Trinajstić information content (AvgIpc) is 3.38. The van der Waals surface area contributed by atoms with Crippen molar-refractivity contribution in [1.82, 2.24) is 24.5 Å². The summed E-state index contributed by atoms with van der Waals surface area (Å²) in [6.45, 7) is 2.79. The molecule has 1 aromatic carbocycles. The van der Waals surface area contributed by atoms with Crippen LogP contribution in [0.4, 0.5) is 0 Å². The molecule has 0 saturated heterocycles. The molecule has 0 atom stereocenters. The third kappa shape index (κ3) is 3.02. The molecule has 0 fully saturated rings. The Morgan fingerprint density at radius 2 is 2.04 bits per heavy atom. The van der Waals surface area contributed by atoms with Gasteiger partial charge in [-0.15, -0.1) is 5.10 Å². The van der Waals surface area contributed by atoms with Crippen molar-refractivity contribution in [2.24, 2.45) is 0 Å². The van der Waals surface area contributed by atoms with Crippen LogP contribution in [0.25, 0.3) is 17.2 Å². The van der Waals surface area contributed by atoms with Gasteiger partial charge in [-0.1, -0.05) is 36.0 Å².